The number of halogens is 1. The Morgan fingerprint density at radius 3 is 2.90 bits per heavy atom. The Morgan fingerprint density at radius 2 is 2.15 bits per heavy atom. The Kier molecular flexibility index (Phi) is 3.54. The molecule has 0 aliphatic carbocycles. The van der Waals surface area contributed by atoms with Gasteiger partial charge in [-0.1, -0.05) is 15.9 Å². The maximum atomic E-state index is 11.8. The summed E-state index contributed by atoms with van der Waals surface area (Å²) >= 11 is 3.42. The van der Waals surface area contributed by atoms with Gasteiger partial charge in [0.05, 0.1) is 0 Å². The lowest BCUT2D eigenvalue weighted by atomic mass is 10.1. The van der Waals surface area contributed by atoms with Crippen molar-refractivity contribution in [2.75, 3.05) is 24.5 Å². The number of nitrogens with zero attached hydrogens (tertiary/aromatic N) is 2. The van der Waals surface area contributed by atoms with Gasteiger partial charge in [-0.3, -0.25) is 9.59 Å². The van der Waals surface area contributed by atoms with Gasteiger partial charge in [-0.05, 0) is 31.5 Å². The van der Waals surface area contributed by atoms with Crippen molar-refractivity contribution >= 4 is 33.3 Å². The third kappa shape index (κ3) is 2.35. The minimum Gasteiger partial charge on any atom is -0.367 e. The number of carbonyl (C=O) groups is 2. The van der Waals surface area contributed by atoms with Gasteiger partial charge < -0.3 is 9.80 Å². The monoisotopic (exact) mass is 336 g/mol. The first-order chi connectivity index (χ1) is 9.56. The fraction of sp³-hybridized carbons (Fsp3) is 0.467. The van der Waals surface area contributed by atoms with E-state index in [1.165, 1.54) is 0 Å². The van der Waals surface area contributed by atoms with E-state index in [9.17, 15) is 9.59 Å². The summed E-state index contributed by atoms with van der Waals surface area (Å²) in [5, 5.41) is 0. The van der Waals surface area contributed by atoms with E-state index in [0.717, 1.165) is 41.8 Å². The van der Waals surface area contributed by atoms with Gasteiger partial charge in [-0.15, -0.1) is 0 Å². The summed E-state index contributed by atoms with van der Waals surface area (Å²) in [5.74, 6) is 0.350. The van der Waals surface area contributed by atoms with E-state index in [0.29, 0.717) is 12.5 Å². The second-order valence-electron chi connectivity index (χ2n) is 5.44. The number of benzene rings is 1. The number of Topliss-reactive ketones (excluding diaryl/α,β-unsaturated/α-hetero) is 1. The second kappa shape index (κ2) is 5.20. The summed E-state index contributed by atoms with van der Waals surface area (Å²) in [5.41, 5.74) is 1.73. The molecule has 106 valence electrons. The summed E-state index contributed by atoms with van der Waals surface area (Å²) in [6.07, 6.45) is 1.60. The van der Waals surface area contributed by atoms with E-state index in [1.807, 2.05) is 23.1 Å². The summed E-state index contributed by atoms with van der Waals surface area (Å²) in [4.78, 5) is 27.8. The molecule has 2 saturated heterocycles. The van der Waals surface area contributed by atoms with Gasteiger partial charge in [0.2, 0.25) is 5.91 Å². The van der Waals surface area contributed by atoms with Crippen LogP contribution < -0.4 is 4.90 Å². The molecule has 1 amide bonds. The number of hydrogen-bond donors (Lipinski definition) is 0. The average molecular weight is 337 g/mol. The van der Waals surface area contributed by atoms with Crippen LogP contribution in [-0.2, 0) is 4.79 Å². The zero-order valence-corrected chi connectivity index (χ0v) is 13.0. The Hall–Kier alpha value is -1.36. The van der Waals surface area contributed by atoms with Gasteiger partial charge in [0.1, 0.15) is 0 Å². The van der Waals surface area contributed by atoms with E-state index < -0.39 is 0 Å². The maximum absolute atomic E-state index is 11.8. The molecular formula is C15H17BrN2O2. The smallest absolute Gasteiger partial charge is 0.223 e. The molecule has 0 spiro atoms. The van der Waals surface area contributed by atoms with Crippen molar-refractivity contribution in [2.24, 2.45) is 0 Å². The molecule has 1 unspecified atom stereocenters. The number of anilines is 1. The first-order valence-electron chi connectivity index (χ1n) is 6.91. The summed E-state index contributed by atoms with van der Waals surface area (Å²) in [6.45, 7) is 3.98. The molecule has 1 atom stereocenters. The van der Waals surface area contributed by atoms with E-state index >= 15 is 0 Å². The highest BCUT2D eigenvalue weighted by atomic mass is 79.9. The van der Waals surface area contributed by atoms with Gasteiger partial charge in [-0.25, -0.2) is 0 Å². The molecule has 20 heavy (non-hydrogen) atoms. The average Bonchev–Trinajstić information content (AvgIpc) is 2.80. The molecule has 0 aromatic heterocycles. The van der Waals surface area contributed by atoms with Gasteiger partial charge in [0.15, 0.2) is 5.78 Å². The highest BCUT2D eigenvalue weighted by molar-refractivity contribution is 9.10. The zero-order valence-electron chi connectivity index (χ0n) is 11.4. The van der Waals surface area contributed by atoms with Crippen molar-refractivity contribution in [1.29, 1.82) is 0 Å². The van der Waals surface area contributed by atoms with Gasteiger partial charge in [0, 0.05) is 47.8 Å². The molecule has 2 aliphatic rings. The van der Waals surface area contributed by atoms with Crippen LogP contribution in [-0.4, -0.2) is 42.3 Å². The molecule has 2 aliphatic heterocycles. The topological polar surface area (TPSA) is 40.6 Å². The van der Waals surface area contributed by atoms with Crippen molar-refractivity contribution in [3.05, 3.63) is 28.2 Å². The number of carbonyl (C=O) groups excluding carboxylic acids is 2. The summed E-state index contributed by atoms with van der Waals surface area (Å²) < 4.78 is 0.918. The van der Waals surface area contributed by atoms with Crippen LogP contribution in [0.25, 0.3) is 0 Å². The van der Waals surface area contributed by atoms with E-state index in [-0.39, 0.29) is 11.7 Å². The molecule has 2 heterocycles. The molecule has 2 fully saturated rings. The lowest BCUT2D eigenvalue weighted by Crippen LogP contribution is -2.51. The molecule has 0 bridgehead atoms. The van der Waals surface area contributed by atoms with Gasteiger partial charge in [-0.2, -0.15) is 0 Å². The highest BCUT2D eigenvalue weighted by Crippen LogP contribution is 2.30. The van der Waals surface area contributed by atoms with Crippen molar-refractivity contribution in [2.45, 2.75) is 25.8 Å². The number of hydrogen-bond acceptors (Lipinski definition) is 3. The molecular weight excluding hydrogens is 320 g/mol. The Labute approximate surface area is 126 Å². The van der Waals surface area contributed by atoms with Crippen molar-refractivity contribution < 1.29 is 9.59 Å². The number of ketones is 1. The standard InChI is InChI=1S/C15H17BrN2O2/c1-10(19)13-8-11(16)2-4-14(13)17-6-7-18-12(9-17)3-5-15(18)20/h2,4,8,12H,3,5-7,9H2,1H3. The van der Waals surface area contributed by atoms with Crippen LogP contribution in [0.2, 0.25) is 0 Å². The quantitative estimate of drug-likeness (QED) is 0.779. The van der Waals surface area contributed by atoms with Crippen LogP contribution >= 0.6 is 15.9 Å². The summed E-state index contributed by atoms with van der Waals surface area (Å²) in [6, 6.07) is 6.14. The SMILES string of the molecule is CC(=O)c1cc(Br)ccc1N1CCN2C(=O)CCC2C1. The predicted molar refractivity (Wildman–Crippen MR) is 81.1 cm³/mol. The molecule has 4 nitrogen and oxygen atoms in total. The predicted octanol–water partition coefficient (Wildman–Crippen LogP) is 2.46. The van der Waals surface area contributed by atoms with Gasteiger partial charge >= 0.3 is 0 Å². The summed E-state index contributed by atoms with van der Waals surface area (Å²) in [7, 11) is 0. The van der Waals surface area contributed by atoms with E-state index in [4.69, 9.17) is 0 Å². The zero-order chi connectivity index (χ0) is 14.3. The Morgan fingerprint density at radius 1 is 1.35 bits per heavy atom. The van der Waals surface area contributed by atoms with Crippen LogP contribution in [0, 0.1) is 0 Å². The first-order valence-corrected chi connectivity index (χ1v) is 7.70. The van der Waals surface area contributed by atoms with Crippen LogP contribution in [0.4, 0.5) is 5.69 Å². The largest absolute Gasteiger partial charge is 0.367 e. The normalized spacial score (nSPS) is 22.1. The van der Waals surface area contributed by atoms with Crippen LogP contribution in [0.15, 0.2) is 22.7 Å². The number of amides is 1. The molecule has 0 N–H and O–H groups in total. The third-order valence-electron chi connectivity index (χ3n) is 4.17. The minimum atomic E-state index is 0.0752. The Balaban J connectivity index is 1.87. The van der Waals surface area contributed by atoms with E-state index in [1.54, 1.807) is 6.92 Å². The lowest BCUT2D eigenvalue weighted by Gasteiger charge is -2.39. The fourth-order valence-electron chi connectivity index (χ4n) is 3.15. The van der Waals surface area contributed by atoms with Crippen molar-refractivity contribution in [3.8, 4) is 0 Å². The molecule has 0 saturated carbocycles. The molecule has 0 radical (unpaired) electrons. The highest BCUT2D eigenvalue weighted by Gasteiger charge is 2.36. The fourth-order valence-corrected chi connectivity index (χ4v) is 3.51. The molecule has 1 aromatic rings. The number of piperazine rings is 1. The molecule has 3 rings (SSSR count). The van der Waals surface area contributed by atoms with Crippen LogP contribution in [0.1, 0.15) is 30.1 Å². The third-order valence-corrected chi connectivity index (χ3v) is 4.67. The number of fused-ring (bicyclic) bond motifs is 1. The number of rotatable bonds is 2. The molecule has 5 heteroatoms. The minimum absolute atomic E-state index is 0.0752. The molecule has 1 aromatic carbocycles. The van der Waals surface area contributed by atoms with Crippen LogP contribution in [0.3, 0.4) is 0 Å². The van der Waals surface area contributed by atoms with Crippen molar-refractivity contribution in [3.63, 3.8) is 0 Å². The second-order valence-corrected chi connectivity index (χ2v) is 6.36. The maximum Gasteiger partial charge on any atom is 0.223 e. The van der Waals surface area contributed by atoms with Gasteiger partial charge in [0.25, 0.3) is 0 Å². The lowest BCUT2D eigenvalue weighted by molar-refractivity contribution is -0.129. The van der Waals surface area contributed by atoms with E-state index in [2.05, 4.69) is 20.8 Å². The Bertz CT molecular complexity index is 573. The van der Waals surface area contributed by atoms with Crippen LogP contribution in [0.5, 0.6) is 0 Å². The van der Waals surface area contributed by atoms with Crippen molar-refractivity contribution in [1.82, 2.24) is 4.90 Å². The first kappa shape index (κ1) is 13.6.